The van der Waals surface area contributed by atoms with E-state index in [1.165, 1.54) is 74.2 Å². The Morgan fingerprint density at radius 3 is 1.34 bits per heavy atom. The van der Waals surface area contributed by atoms with Gasteiger partial charge in [0.2, 0.25) is 22.2 Å². The number of carbonyl (C=O) groups is 4. The van der Waals surface area contributed by atoms with E-state index >= 15 is 0 Å². The summed E-state index contributed by atoms with van der Waals surface area (Å²) >= 11 is 3.57. The summed E-state index contributed by atoms with van der Waals surface area (Å²) < 4.78 is 79.3. The molecular weight excluding hydrogens is 1430 g/mol. The highest BCUT2D eigenvalue weighted by molar-refractivity contribution is 7.98. The lowest BCUT2D eigenvalue weighted by atomic mass is 10.1. The summed E-state index contributed by atoms with van der Waals surface area (Å²) in [6.45, 7) is 15.6. The fourth-order valence-corrected chi connectivity index (χ4v) is 15.0. The second kappa shape index (κ2) is 34.9. The highest BCUT2D eigenvalue weighted by Gasteiger charge is 2.27. The molecule has 0 saturated carbocycles. The highest BCUT2D eigenvalue weighted by Crippen LogP contribution is 2.45. The smallest absolute Gasteiger partial charge is 0.294 e. The molecule has 0 aliphatic carbocycles. The molecule has 2 aliphatic heterocycles. The number of aromatic nitrogens is 5. The maximum atomic E-state index is 13.9. The SMILES string of the molecule is CCN(CC)c1cc(Nc2nc(Nc3cc(N(CC)CC)c(OC)cc3N=Nc3nc(N4CCCCC4)c(/C=C(\C(C)=O)C(=O)Nc4cccc(S(=O)(=O)O)c4)s3)nc(SCc3ccccc3)n2)c(N=Nc2nc(N3CCCCC3)c(/C=C(/C(C)=O)C(=O)Nc3cccc(S(=O)(=O)O)c3)s2)cc1OC. The van der Waals surface area contributed by atoms with Crippen molar-refractivity contribution in [3.63, 3.8) is 0 Å². The van der Waals surface area contributed by atoms with Crippen molar-refractivity contribution in [2.24, 2.45) is 20.5 Å². The number of hydrogen-bond acceptors (Lipinski definition) is 28. The number of methoxy groups -OCH3 is 2. The molecule has 2 aliphatic rings. The number of azo groups is 2. The van der Waals surface area contributed by atoms with Gasteiger partial charge in [-0.2, -0.15) is 41.8 Å². The molecule has 8 aromatic rings. The van der Waals surface area contributed by atoms with Crippen molar-refractivity contribution < 1.29 is 54.6 Å². The molecule has 2 saturated heterocycles. The number of thiazole rings is 2. The van der Waals surface area contributed by atoms with Gasteiger partial charge in [-0.1, -0.05) is 76.9 Å². The van der Waals surface area contributed by atoms with Gasteiger partial charge in [0.25, 0.3) is 32.1 Å². The summed E-state index contributed by atoms with van der Waals surface area (Å²) in [5.41, 5.74) is 3.39. The molecule has 546 valence electrons. The van der Waals surface area contributed by atoms with Crippen molar-refractivity contribution in [2.75, 3.05) is 107 Å². The summed E-state index contributed by atoms with van der Waals surface area (Å²) in [5, 5.41) is 31.8. The standard InChI is InChI=1S/C70H79N17O12S5/c1-9-84(10-2)56-38-52(54(40-58(56)98-7)80-82-69-75-62(86-30-18-14-19-31-86)60(101-69)36-50(43(5)88)64(90)71-46-26-22-28-48(34-46)103(92,93)94)73-66-77-67(79-68(78-66)100-42-45-24-16-13-17-25-45)74-53-39-57(85(11-3)12-4)59(99-8)41-55(53)81-83-70-76-63(87-32-20-15-21-33-87)61(102-70)37-51(44(6)89)65(91)72-47-27-23-29-49(35-47)104(95,96)97/h13,16-17,22-29,34-41H,9-12,14-15,18-21,30-33,42H2,1-8H3,(H,71,90)(H,72,91)(H,92,93,94)(H,95,96,97)(H2,73,74,77,78,79)/b50-36-,51-37+,82-80?,83-81?. The van der Waals surface area contributed by atoms with Crippen molar-refractivity contribution in [1.82, 2.24) is 24.9 Å². The molecule has 2 fully saturated rings. The monoisotopic (exact) mass is 1510 g/mol. The number of thioether (sulfide) groups is 1. The van der Waals surface area contributed by atoms with Gasteiger partial charge in [0.05, 0.1) is 67.7 Å². The number of carbonyl (C=O) groups excluding carboxylic acids is 4. The Bertz CT molecular complexity index is 4560. The molecular formula is C70H79N17O12S5. The first-order valence-electron chi connectivity index (χ1n) is 33.4. The van der Waals surface area contributed by atoms with Crippen LogP contribution in [0.3, 0.4) is 0 Å². The topological polar surface area (TPSA) is 370 Å². The number of ether oxygens (including phenoxy) is 2. The molecule has 0 bridgehead atoms. The van der Waals surface area contributed by atoms with E-state index in [0.717, 1.165) is 90.3 Å². The minimum absolute atomic E-state index is 0.0342. The van der Waals surface area contributed by atoms with Crippen LogP contribution in [0, 0.1) is 0 Å². The summed E-state index contributed by atoms with van der Waals surface area (Å²) in [5.74, 6) is -0.196. The summed E-state index contributed by atoms with van der Waals surface area (Å²) in [4.78, 5) is 87.6. The molecule has 0 atom stereocenters. The van der Waals surface area contributed by atoms with E-state index in [-0.39, 0.29) is 56.1 Å². The maximum Gasteiger partial charge on any atom is 0.294 e. The Labute approximate surface area is 615 Å². The fraction of sp³-hybridized carbons (Fsp3) is 0.329. The molecule has 34 heteroatoms. The van der Waals surface area contributed by atoms with E-state index in [2.05, 4.69) is 40.9 Å². The fourth-order valence-electron chi connectivity index (χ4n) is 11.5. The van der Waals surface area contributed by atoms with Crippen LogP contribution in [0.2, 0.25) is 0 Å². The number of nitrogens with one attached hydrogen (secondary N) is 4. The second-order valence-corrected chi connectivity index (χ2v) is 29.5. The number of Topliss-reactive ketones (excluding diaryl/α,β-unsaturated/α-hetero) is 2. The molecule has 5 heterocycles. The number of rotatable bonds is 31. The van der Waals surface area contributed by atoms with Crippen molar-refractivity contribution in [2.45, 2.75) is 101 Å². The zero-order valence-corrected chi connectivity index (χ0v) is 62.5. The molecule has 3 aromatic heterocycles. The third kappa shape index (κ3) is 19.6. The van der Waals surface area contributed by atoms with E-state index in [9.17, 15) is 45.1 Å². The van der Waals surface area contributed by atoms with Gasteiger partial charge >= 0.3 is 0 Å². The molecule has 0 spiro atoms. The van der Waals surface area contributed by atoms with Gasteiger partial charge in [0.1, 0.15) is 34.5 Å². The predicted molar refractivity (Wildman–Crippen MR) is 407 cm³/mol. The molecule has 6 N–H and O–H groups in total. The maximum absolute atomic E-state index is 13.9. The molecule has 0 radical (unpaired) electrons. The van der Waals surface area contributed by atoms with E-state index < -0.39 is 53.4 Å². The van der Waals surface area contributed by atoms with Crippen LogP contribution in [-0.2, 0) is 45.2 Å². The second-order valence-electron chi connectivity index (χ2n) is 23.7. The molecule has 10 rings (SSSR count). The van der Waals surface area contributed by atoms with Crippen molar-refractivity contribution in [3.8, 4) is 11.5 Å². The Kier molecular flexibility index (Phi) is 25.7. The average Bonchev–Trinajstić information content (AvgIpc) is 1.61. The van der Waals surface area contributed by atoms with E-state index in [1.807, 2.05) is 70.2 Å². The zero-order valence-electron chi connectivity index (χ0n) is 58.4. The van der Waals surface area contributed by atoms with Gasteiger partial charge in [-0.05, 0) is 146 Å². The number of nitrogens with zero attached hydrogens (tertiary/aromatic N) is 13. The largest absolute Gasteiger partial charge is 0.494 e. The Morgan fingerprint density at radius 2 is 0.962 bits per heavy atom. The Morgan fingerprint density at radius 1 is 0.548 bits per heavy atom. The zero-order chi connectivity index (χ0) is 74.2. The third-order valence-corrected chi connectivity index (χ3v) is 21.1. The summed E-state index contributed by atoms with van der Waals surface area (Å²) in [6.07, 6.45) is 8.36. The van der Waals surface area contributed by atoms with Gasteiger partial charge in [-0.25, -0.2) is 0 Å². The lowest BCUT2D eigenvalue weighted by molar-refractivity contribution is -0.120. The van der Waals surface area contributed by atoms with E-state index in [0.29, 0.717) is 108 Å². The van der Waals surface area contributed by atoms with E-state index in [4.69, 9.17) is 54.9 Å². The highest BCUT2D eigenvalue weighted by atomic mass is 32.2. The minimum atomic E-state index is -4.60. The number of ketones is 2. The first-order chi connectivity index (χ1) is 49.9. The van der Waals surface area contributed by atoms with Crippen LogP contribution < -0.4 is 50.3 Å². The normalized spacial score (nSPS) is 13.8. The molecule has 104 heavy (non-hydrogen) atoms. The molecule has 29 nitrogen and oxygen atoms in total. The Hall–Kier alpha value is -10.1. The van der Waals surface area contributed by atoms with Crippen molar-refractivity contribution in [1.29, 1.82) is 0 Å². The van der Waals surface area contributed by atoms with Crippen LogP contribution in [0.15, 0.2) is 150 Å². The lowest BCUT2D eigenvalue weighted by Crippen LogP contribution is -2.30. The quantitative estimate of drug-likeness (QED) is 0.00587. The van der Waals surface area contributed by atoms with Gasteiger partial charge in [0, 0.05) is 81.6 Å². The Balaban J connectivity index is 1.05. The number of anilines is 10. The number of piperidine rings is 2. The minimum Gasteiger partial charge on any atom is -0.494 e. The van der Waals surface area contributed by atoms with Crippen molar-refractivity contribution in [3.05, 3.63) is 130 Å². The van der Waals surface area contributed by atoms with Crippen molar-refractivity contribution >= 4 is 169 Å². The first kappa shape index (κ1) is 76.5. The van der Waals surface area contributed by atoms with Gasteiger partial charge in [-0.15, -0.1) is 20.5 Å². The number of hydrogen-bond donors (Lipinski definition) is 6. The summed E-state index contributed by atoms with van der Waals surface area (Å²) in [7, 11) is -6.08. The van der Waals surface area contributed by atoms with Gasteiger partial charge in [0.15, 0.2) is 16.7 Å². The molecule has 5 aromatic carbocycles. The van der Waals surface area contributed by atoms with Gasteiger partial charge < -0.3 is 50.3 Å². The van der Waals surface area contributed by atoms with Gasteiger partial charge in [-0.3, -0.25) is 28.3 Å². The molecule has 2 amide bonds. The summed E-state index contributed by atoms with van der Waals surface area (Å²) in [6, 6.07) is 27.1. The predicted octanol–water partition coefficient (Wildman–Crippen LogP) is 14.8. The third-order valence-electron chi connectivity index (χ3n) is 16.7. The lowest BCUT2D eigenvalue weighted by Gasteiger charge is -2.27. The van der Waals surface area contributed by atoms with Crippen LogP contribution in [0.25, 0.3) is 12.2 Å². The average molecular weight is 1510 g/mol. The van der Waals surface area contributed by atoms with Crippen LogP contribution in [0.4, 0.5) is 79.3 Å². The molecule has 0 unspecified atom stereocenters. The van der Waals surface area contributed by atoms with Crippen LogP contribution in [0.1, 0.15) is 95.4 Å². The van der Waals surface area contributed by atoms with Crippen LogP contribution in [0.5, 0.6) is 11.5 Å². The van der Waals surface area contributed by atoms with Crippen LogP contribution >= 0.6 is 34.4 Å². The number of amides is 2. The first-order valence-corrected chi connectivity index (χ1v) is 38.9. The van der Waals surface area contributed by atoms with E-state index in [1.54, 1.807) is 26.4 Å². The number of benzene rings is 5. The van der Waals surface area contributed by atoms with Crippen LogP contribution in [-0.4, -0.2) is 141 Å².